The van der Waals surface area contributed by atoms with Crippen molar-refractivity contribution in [3.05, 3.63) is 0 Å². The van der Waals surface area contributed by atoms with Crippen LogP contribution in [-0.4, -0.2) is 17.4 Å². The number of hydrogen-bond donors (Lipinski definition) is 3. The quantitative estimate of drug-likeness (QED) is 0.470. The van der Waals surface area contributed by atoms with Crippen LogP contribution in [0.2, 0.25) is 0 Å². The Balaban J connectivity index is 2.55. The van der Waals surface area contributed by atoms with Crippen LogP contribution in [0.15, 0.2) is 0 Å². The van der Waals surface area contributed by atoms with Gasteiger partial charge in [-0.3, -0.25) is 10.1 Å². The van der Waals surface area contributed by atoms with E-state index >= 15 is 0 Å². The van der Waals surface area contributed by atoms with Gasteiger partial charge in [0.15, 0.2) is 0 Å². The van der Waals surface area contributed by atoms with Gasteiger partial charge in [-0.25, -0.2) is 0 Å². The SMILES string of the molecule is CC(C)C1NC(S)NC1=O. The molecule has 2 unspecified atom stereocenters. The van der Waals surface area contributed by atoms with E-state index in [0.29, 0.717) is 5.92 Å². The van der Waals surface area contributed by atoms with E-state index in [1.807, 2.05) is 13.8 Å². The molecule has 0 bridgehead atoms. The summed E-state index contributed by atoms with van der Waals surface area (Å²) in [6, 6.07) is -0.0671. The fourth-order valence-corrected chi connectivity index (χ4v) is 1.30. The number of nitrogens with one attached hydrogen (secondary N) is 2. The molecule has 0 spiro atoms. The molecule has 10 heavy (non-hydrogen) atoms. The molecule has 2 atom stereocenters. The number of carbonyl (C=O) groups is 1. The first-order valence-corrected chi connectivity index (χ1v) is 3.87. The van der Waals surface area contributed by atoms with Crippen LogP contribution in [-0.2, 0) is 4.79 Å². The average Bonchev–Trinajstić information content (AvgIpc) is 2.10. The van der Waals surface area contributed by atoms with Gasteiger partial charge in [0, 0.05) is 0 Å². The summed E-state index contributed by atoms with van der Waals surface area (Å²) in [6.07, 6.45) is 0. The van der Waals surface area contributed by atoms with E-state index in [0.717, 1.165) is 0 Å². The zero-order valence-electron chi connectivity index (χ0n) is 6.09. The second-order valence-corrected chi connectivity index (χ2v) is 3.32. The molecule has 1 fully saturated rings. The summed E-state index contributed by atoms with van der Waals surface area (Å²) in [6.45, 7) is 4.01. The highest BCUT2D eigenvalue weighted by atomic mass is 32.1. The minimum absolute atomic E-state index is 0.0509. The predicted molar refractivity (Wildman–Crippen MR) is 42.7 cm³/mol. The molecule has 1 aliphatic rings. The molecule has 3 nitrogen and oxygen atoms in total. The van der Waals surface area contributed by atoms with Crippen molar-refractivity contribution in [2.75, 3.05) is 0 Å². The molecule has 4 heteroatoms. The lowest BCUT2D eigenvalue weighted by molar-refractivity contribution is -0.121. The van der Waals surface area contributed by atoms with Crippen molar-refractivity contribution in [2.24, 2.45) is 5.92 Å². The number of rotatable bonds is 1. The monoisotopic (exact) mass is 160 g/mol. The minimum atomic E-state index is -0.167. The molecule has 0 aliphatic carbocycles. The third-order valence-corrected chi connectivity index (χ3v) is 1.84. The summed E-state index contributed by atoms with van der Waals surface area (Å²) in [5.74, 6) is 0.382. The Hall–Kier alpha value is -0.220. The van der Waals surface area contributed by atoms with Gasteiger partial charge < -0.3 is 5.32 Å². The fourth-order valence-electron chi connectivity index (χ4n) is 1.01. The van der Waals surface area contributed by atoms with Crippen molar-refractivity contribution < 1.29 is 4.79 Å². The van der Waals surface area contributed by atoms with Crippen LogP contribution >= 0.6 is 12.6 Å². The van der Waals surface area contributed by atoms with Gasteiger partial charge in [0.1, 0.15) is 5.50 Å². The number of hydrogen-bond acceptors (Lipinski definition) is 3. The summed E-state index contributed by atoms with van der Waals surface area (Å²) in [5, 5.41) is 5.67. The van der Waals surface area contributed by atoms with E-state index in [1.54, 1.807) is 0 Å². The second kappa shape index (κ2) is 2.80. The molecule has 1 saturated heterocycles. The molecule has 1 rings (SSSR count). The summed E-state index contributed by atoms with van der Waals surface area (Å²) in [4.78, 5) is 11.0. The third-order valence-electron chi connectivity index (χ3n) is 1.57. The first-order valence-electron chi connectivity index (χ1n) is 3.36. The first kappa shape index (κ1) is 7.88. The predicted octanol–water partition coefficient (Wildman–Crippen LogP) is -0.0562. The molecular formula is C6H12N2OS. The van der Waals surface area contributed by atoms with E-state index in [9.17, 15) is 4.79 Å². The van der Waals surface area contributed by atoms with E-state index in [-0.39, 0.29) is 17.4 Å². The molecule has 0 aromatic carbocycles. The Bertz CT molecular complexity index is 149. The van der Waals surface area contributed by atoms with Crippen molar-refractivity contribution in [3.63, 3.8) is 0 Å². The summed E-state index contributed by atoms with van der Waals surface area (Å²) in [5.41, 5.74) is -0.167. The largest absolute Gasteiger partial charge is 0.331 e. The average molecular weight is 160 g/mol. The Morgan fingerprint density at radius 2 is 2.20 bits per heavy atom. The first-order chi connectivity index (χ1) is 4.61. The minimum Gasteiger partial charge on any atom is -0.331 e. The third kappa shape index (κ3) is 1.44. The summed E-state index contributed by atoms with van der Waals surface area (Å²) >= 11 is 4.06. The number of thiol groups is 1. The van der Waals surface area contributed by atoms with E-state index in [4.69, 9.17) is 0 Å². The standard InChI is InChI=1S/C6H12N2OS/c1-3(2)4-5(9)8-6(10)7-4/h3-4,6-7,10H,1-2H3,(H,8,9). The van der Waals surface area contributed by atoms with Gasteiger partial charge in [-0.05, 0) is 5.92 Å². The molecule has 58 valence electrons. The molecule has 0 radical (unpaired) electrons. The topological polar surface area (TPSA) is 41.1 Å². The molecule has 1 heterocycles. The van der Waals surface area contributed by atoms with E-state index in [1.165, 1.54) is 0 Å². The van der Waals surface area contributed by atoms with Crippen LogP contribution in [0.1, 0.15) is 13.8 Å². The maximum absolute atomic E-state index is 11.0. The van der Waals surface area contributed by atoms with E-state index in [2.05, 4.69) is 23.3 Å². The van der Waals surface area contributed by atoms with Crippen LogP contribution in [0, 0.1) is 5.92 Å². The lowest BCUT2D eigenvalue weighted by Crippen LogP contribution is -2.34. The number of carbonyl (C=O) groups excluding carboxylic acids is 1. The van der Waals surface area contributed by atoms with Crippen molar-refractivity contribution in [1.29, 1.82) is 0 Å². The Morgan fingerprint density at radius 3 is 2.40 bits per heavy atom. The Morgan fingerprint density at radius 1 is 1.60 bits per heavy atom. The summed E-state index contributed by atoms with van der Waals surface area (Å²) in [7, 11) is 0. The van der Waals surface area contributed by atoms with Crippen LogP contribution in [0.25, 0.3) is 0 Å². The molecule has 0 aromatic heterocycles. The smallest absolute Gasteiger partial charge is 0.239 e. The maximum atomic E-state index is 11.0. The normalized spacial score (nSPS) is 33.0. The molecule has 0 saturated carbocycles. The summed E-state index contributed by atoms with van der Waals surface area (Å²) < 4.78 is 0. The van der Waals surface area contributed by atoms with Crippen LogP contribution in [0.3, 0.4) is 0 Å². The fraction of sp³-hybridized carbons (Fsp3) is 0.833. The lowest BCUT2D eigenvalue weighted by Gasteiger charge is -2.10. The van der Waals surface area contributed by atoms with Gasteiger partial charge in [-0.15, -0.1) is 12.6 Å². The van der Waals surface area contributed by atoms with Gasteiger partial charge in [0.05, 0.1) is 6.04 Å². The highest BCUT2D eigenvalue weighted by molar-refractivity contribution is 7.80. The zero-order valence-corrected chi connectivity index (χ0v) is 6.98. The zero-order chi connectivity index (χ0) is 7.72. The van der Waals surface area contributed by atoms with Crippen LogP contribution in [0.5, 0.6) is 0 Å². The van der Waals surface area contributed by atoms with Crippen molar-refractivity contribution in [2.45, 2.75) is 25.4 Å². The van der Waals surface area contributed by atoms with Crippen LogP contribution in [0.4, 0.5) is 0 Å². The highest BCUT2D eigenvalue weighted by Gasteiger charge is 2.30. The molecule has 2 N–H and O–H groups in total. The molecule has 0 aromatic rings. The Labute approximate surface area is 66.0 Å². The second-order valence-electron chi connectivity index (χ2n) is 2.80. The lowest BCUT2D eigenvalue weighted by atomic mass is 10.1. The number of amides is 1. The highest BCUT2D eigenvalue weighted by Crippen LogP contribution is 2.08. The Kier molecular flexibility index (Phi) is 2.21. The van der Waals surface area contributed by atoms with Gasteiger partial charge in [-0.2, -0.15) is 0 Å². The maximum Gasteiger partial charge on any atom is 0.239 e. The molecular weight excluding hydrogens is 148 g/mol. The van der Waals surface area contributed by atoms with Gasteiger partial charge >= 0.3 is 0 Å². The molecule has 1 amide bonds. The van der Waals surface area contributed by atoms with Gasteiger partial charge in [-0.1, -0.05) is 13.8 Å². The van der Waals surface area contributed by atoms with Crippen molar-refractivity contribution >= 4 is 18.5 Å². The van der Waals surface area contributed by atoms with E-state index < -0.39 is 0 Å². The van der Waals surface area contributed by atoms with Gasteiger partial charge in [0.25, 0.3) is 0 Å². The van der Waals surface area contributed by atoms with Crippen molar-refractivity contribution in [1.82, 2.24) is 10.6 Å². The molecule has 1 aliphatic heterocycles. The van der Waals surface area contributed by atoms with Crippen molar-refractivity contribution in [3.8, 4) is 0 Å². The van der Waals surface area contributed by atoms with Gasteiger partial charge in [0.2, 0.25) is 5.91 Å². The van der Waals surface area contributed by atoms with Crippen LogP contribution < -0.4 is 10.6 Å².